The van der Waals surface area contributed by atoms with E-state index >= 15 is 0 Å². The van der Waals surface area contributed by atoms with Gasteiger partial charge in [0.25, 0.3) is 0 Å². The number of carboxylic acid groups (broad SMARTS) is 1. The zero-order valence-corrected chi connectivity index (χ0v) is 11.8. The van der Waals surface area contributed by atoms with Crippen LogP contribution >= 0.6 is 0 Å². The van der Waals surface area contributed by atoms with Crippen LogP contribution in [0.4, 0.5) is 0 Å². The van der Waals surface area contributed by atoms with Crippen LogP contribution in [-0.2, 0) is 9.59 Å². The summed E-state index contributed by atoms with van der Waals surface area (Å²) < 4.78 is 0. The van der Waals surface area contributed by atoms with Crippen LogP contribution in [0.25, 0.3) is 0 Å². The van der Waals surface area contributed by atoms with Crippen molar-refractivity contribution in [2.45, 2.75) is 53.0 Å². The molecule has 0 aliphatic carbocycles. The minimum atomic E-state index is -1.15. The standard InChI is InChI=1S/C13H25NO3/c1-7-8-10(9(2)3)11(15)14(6)13(4,5)12(16)17/h9-10H,7-8H2,1-6H3,(H,16,17). The molecule has 1 unspecified atom stereocenters. The molecule has 0 rings (SSSR count). The molecule has 0 heterocycles. The highest BCUT2D eigenvalue weighted by Crippen LogP contribution is 2.23. The van der Waals surface area contributed by atoms with Gasteiger partial charge in [0.2, 0.25) is 5.91 Å². The van der Waals surface area contributed by atoms with Gasteiger partial charge in [0.05, 0.1) is 0 Å². The molecular formula is C13H25NO3. The number of rotatable bonds is 6. The van der Waals surface area contributed by atoms with Gasteiger partial charge in [-0.05, 0) is 26.2 Å². The summed E-state index contributed by atoms with van der Waals surface area (Å²) in [5.41, 5.74) is -1.15. The second-order valence-electron chi connectivity index (χ2n) is 5.40. The zero-order valence-electron chi connectivity index (χ0n) is 11.8. The van der Waals surface area contributed by atoms with E-state index < -0.39 is 11.5 Å². The topological polar surface area (TPSA) is 57.6 Å². The fourth-order valence-electron chi connectivity index (χ4n) is 1.72. The molecule has 0 saturated carbocycles. The quantitative estimate of drug-likeness (QED) is 0.779. The Hall–Kier alpha value is -1.06. The maximum Gasteiger partial charge on any atom is 0.329 e. The number of amides is 1. The Morgan fingerprint density at radius 3 is 2.06 bits per heavy atom. The van der Waals surface area contributed by atoms with Crippen LogP contribution < -0.4 is 0 Å². The van der Waals surface area contributed by atoms with E-state index in [-0.39, 0.29) is 17.7 Å². The second-order valence-corrected chi connectivity index (χ2v) is 5.40. The molecule has 0 aromatic carbocycles. The summed E-state index contributed by atoms with van der Waals surface area (Å²) in [4.78, 5) is 24.8. The molecule has 17 heavy (non-hydrogen) atoms. The molecule has 0 saturated heterocycles. The Balaban J connectivity index is 4.95. The van der Waals surface area contributed by atoms with Gasteiger partial charge in [-0.2, -0.15) is 0 Å². The van der Waals surface area contributed by atoms with Gasteiger partial charge in [0, 0.05) is 13.0 Å². The molecule has 0 spiro atoms. The van der Waals surface area contributed by atoms with Gasteiger partial charge in [0.1, 0.15) is 5.54 Å². The van der Waals surface area contributed by atoms with E-state index in [1.807, 2.05) is 20.8 Å². The molecule has 0 aromatic rings. The number of aliphatic carboxylic acids is 1. The molecule has 100 valence electrons. The third kappa shape index (κ3) is 3.72. The van der Waals surface area contributed by atoms with Crippen LogP contribution in [0, 0.1) is 11.8 Å². The highest BCUT2D eigenvalue weighted by atomic mass is 16.4. The Labute approximate surface area is 104 Å². The summed E-state index contributed by atoms with van der Waals surface area (Å²) in [6.07, 6.45) is 1.73. The summed E-state index contributed by atoms with van der Waals surface area (Å²) in [6.45, 7) is 9.14. The highest BCUT2D eigenvalue weighted by Gasteiger charge is 2.38. The Morgan fingerprint density at radius 2 is 1.76 bits per heavy atom. The van der Waals surface area contributed by atoms with Crippen molar-refractivity contribution in [1.82, 2.24) is 4.90 Å². The predicted octanol–water partition coefficient (Wildman–Crippen LogP) is 2.38. The lowest BCUT2D eigenvalue weighted by atomic mass is 9.88. The lowest BCUT2D eigenvalue weighted by Crippen LogP contribution is -2.53. The maximum absolute atomic E-state index is 12.3. The van der Waals surface area contributed by atoms with Crippen LogP contribution in [0.5, 0.6) is 0 Å². The Bertz CT molecular complexity index is 284. The minimum absolute atomic E-state index is 0.0748. The van der Waals surface area contributed by atoms with Gasteiger partial charge in [-0.3, -0.25) is 4.79 Å². The monoisotopic (exact) mass is 243 g/mol. The number of hydrogen-bond acceptors (Lipinski definition) is 2. The fourth-order valence-corrected chi connectivity index (χ4v) is 1.72. The summed E-state index contributed by atoms with van der Waals surface area (Å²) in [5.74, 6) is -0.917. The number of hydrogen-bond donors (Lipinski definition) is 1. The van der Waals surface area contributed by atoms with Crippen molar-refractivity contribution in [2.24, 2.45) is 11.8 Å². The second kappa shape index (κ2) is 6.03. The number of carboxylic acids is 1. The molecule has 0 radical (unpaired) electrons. The van der Waals surface area contributed by atoms with Gasteiger partial charge in [0.15, 0.2) is 0 Å². The van der Waals surface area contributed by atoms with Crippen molar-refractivity contribution in [3.05, 3.63) is 0 Å². The predicted molar refractivity (Wildman–Crippen MR) is 67.7 cm³/mol. The first-order chi connectivity index (χ1) is 7.66. The Kier molecular flexibility index (Phi) is 5.66. The van der Waals surface area contributed by atoms with Gasteiger partial charge in [-0.15, -0.1) is 0 Å². The average molecular weight is 243 g/mol. The van der Waals surface area contributed by atoms with Crippen molar-refractivity contribution >= 4 is 11.9 Å². The van der Waals surface area contributed by atoms with Gasteiger partial charge in [-0.25, -0.2) is 4.79 Å². The lowest BCUT2D eigenvalue weighted by molar-refractivity contribution is -0.157. The number of carbonyl (C=O) groups is 2. The summed E-state index contributed by atoms with van der Waals surface area (Å²) >= 11 is 0. The smallest absolute Gasteiger partial charge is 0.329 e. The Morgan fingerprint density at radius 1 is 1.29 bits per heavy atom. The first-order valence-corrected chi connectivity index (χ1v) is 6.17. The van der Waals surface area contributed by atoms with Crippen molar-refractivity contribution in [3.63, 3.8) is 0 Å². The van der Waals surface area contributed by atoms with Gasteiger partial charge >= 0.3 is 5.97 Å². The first-order valence-electron chi connectivity index (χ1n) is 6.17. The third-order valence-electron chi connectivity index (χ3n) is 3.41. The number of carbonyl (C=O) groups excluding carboxylic acids is 1. The molecule has 0 aliphatic rings. The van der Waals surface area contributed by atoms with E-state index in [9.17, 15) is 9.59 Å². The van der Waals surface area contributed by atoms with Crippen LogP contribution in [0.3, 0.4) is 0 Å². The van der Waals surface area contributed by atoms with Crippen LogP contribution in [0.1, 0.15) is 47.5 Å². The van der Waals surface area contributed by atoms with Gasteiger partial charge in [-0.1, -0.05) is 27.2 Å². The molecule has 0 bridgehead atoms. The summed E-state index contributed by atoms with van der Waals surface area (Å²) in [7, 11) is 1.57. The molecule has 0 fully saturated rings. The molecule has 1 amide bonds. The SMILES string of the molecule is CCCC(C(=O)N(C)C(C)(C)C(=O)O)C(C)C. The van der Waals surface area contributed by atoms with Crippen molar-refractivity contribution in [1.29, 1.82) is 0 Å². The van der Waals surface area contributed by atoms with E-state index in [1.54, 1.807) is 20.9 Å². The van der Waals surface area contributed by atoms with E-state index in [0.29, 0.717) is 0 Å². The lowest BCUT2D eigenvalue weighted by Gasteiger charge is -2.35. The number of nitrogens with zero attached hydrogens (tertiary/aromatic N) is 1. The largest absolute Gasteiger partial charge is 0.480 e. The zero-order chi connectivity index (χ0) is 13.8. The summed E-state index contributed by atoms with van der Waals surface area (Å²) in [5, 5.41) is 9.12. The van der Waals surface area contributed by atoms with Crippen molar-refractivity contribution in [2.75, 3.05) is 7.05 Å². The van der Waals surface area contributed by atoms with E-state index in [0.717, 1.165) is 12.8 Å². The van der Waals surface area contributed by atoms with Crippen LogP contribution in [0.2, 0.25) is 0 Å². The van der Waals surface area contributed by atoms with E-state index in [2.05, 4.69) is 0 Å². The molecule has 4 nitrogen and oxygen atoms in total. The van der Waals surface area contributed by atoms with E-state index in [1.165, 1.54) is 4.90 Å². The summed E-state index contributed by atoms with van der Waals surface area (Å²) in [6, 6.07) is 0. The molecule has 1 atom stereocenters. The van der Waals surface area contributed by atoms with Gasteiger partial charge < -0.3 is 10.0 Å². The fraction of sp³-hybridized carbons (Fsp3) is 0.846. The maximum atomic E-state index is 12.3. The molecule has 0 aliphatic heterocycles. The first kappa shape index (κ1) is 15.9. The number of likely N-dealkylation sites (N-methyl/N-ethyl adjacent to an activating group) is 1. The molecule has 4 heteroatoms. The van der Waals surface area contributed by atoms with E-state index in [4.69, 9.17) is 5.11 Å². The molecule has 0 aromatic heterocycles. The molecule has 1 N–H and O–H groups in total. The van der Waals surface area contributed by atoms with Crippen LogP contribution in [-0.4, -0.2) is 34.5 Å². The average Bonchev–Trinajstić information content (AvgIpc) is 2.23. The minimum Gasteiger partial charge on any atom is -0.480 e. The molecular weight excluding hydrogens is 218 g/mol. The van der Waals surface area contributed by atoms with Crippen LogP contribution in [0.15, 0.2) is 0 Å². The third-order valence-corrected chi connectivity index (χ3v) is 3.41. The highest BCUT2D eigenvalue weighted by molar-refractivity contribution is 5.87. The van der Waals surface area contributed by atoms with Crippen molar-refractivity contribution < 1.29 is 14.7 Å². The van der Waals surface area contributed by atoms with Crippen molar-refractivity contribution in [3.8, 4) is 0 Å². The normalized spacial score (nSPS) is 13.6.